The van der Waals surface area contributed by atoms with E-state index in [0.717, 1.165) is 12.1 Å². The van der Waals surface area contributed by atoms with Crippen molar-refractivity contribution in [3.63, 3.8) is 0 Å². The smallest absolute Gasteiger partial charge is 0.295 e. The molecule has 2 aromatic carbocycles. The first-order valence-electron chi connectivity index (χ1n) is 11.7. The van der Waals surface area contributed by atoms with Crippen molar-refractivity contribution >= 4 is 17.4 Å². The molecule has 1 amide bonds. The van der Waals surface area contributed by atoms with Gasteiger partial charge in [0.25, 0.3) is 11.7 Å². The van der Waals surface area contributed by atoms with Gasteiger partial charge in [0.05, 0.1) is 11.6 Å². The molecule has 34 heavy (non-hydrogen) atoms. The zero-order chi connectivity index (χ0) is 24.4. The fourth-order valence-corrected chi connectivity index (χ4v) is 4.42. The molecule has 2 aliphatic rings. The van der Waals surface area contributed by atoms with Gasteiger partial charge in [-0.15, -0.1) is 0 Å². The standard InChI is InChI=1S/C27H32N2O5/c1-17(2)18-6-8-19(9-7-18)24-23(26(31)27(32)29(24)13-5-12-28(3)4)25(30)20-10-11-21-22(16-20)34-15-14-33-21/h6-11,16-17,24,30H,5,12-15H2,1-4H3/b25-23+. The van der Waals surface area contributed by atoms with Crippen molar-refractivity contribution in [1.29, 1.82) is 0 Å². The summed E-state index contributed by atoms with van der Waals surface area (Å²) in [4.78, 5) is 29.9. The first-order chi connectivity index (χ1) is 16.3. The Morgan fingerprint density at radius 1 is 1.06 bits per heavy atom. The minimum atomic E-state index is -0.671. The summed E-state index contributed by atoms with van der Waals surface area (Å²) in [5, 5.41) is 11.3. The van der Waals surface area contributed by atoms with Crippen molar-refractivity contribution in [3.8, 4) is 11.5 Å². The number of fused-ring (bicyclic) bond motifs is 1. The molecule has 0 saturated carbocycles. The van der Waals surface area contributed by atoms with Gasteiger partial charge < -0.3 is 24.4 Å². The molecular formula is C27H32N2O5. The molecule has 0 radical (unpaired) electrons. The summed E-state index contributed by atoms with van der Waals surface area (Å²) in [6.45, 7) is 6.30. The highest BCUT2D eigenvalue weighted by Crippen LogP contribution is 2.41. The van der Waals surface area contributed by atoms with E-state index in [1.807, 2.05) is 43.3 Å². The number of benzene rings is 2. The van der Waals surface area contributed by atoms with Crippen molar-refractivity contribution < 1.29 is 24.2 Å². The van der Waals surface area contributed by atoms with Gasteiger partial charge in [-0.1, -0.05) is 38.1 Å². The summed E-state index contributed by atoms with van der Waals surface area (Å²) in [6, 6.07) is 12.3. The number of hydrogen-bond donors (Lipinski definition) is 1. The minimum absolute atomic E-state index is 0.101. The second-order valence-corrected chi connectivity index (χ2v) is 9.33. The molecule has 7 nitrogen and oxygen atoms in total. The maximum Gasteiger partial charge on any atom is 0.295 e. The van der Waals surface area contributed by atoms with E-state index in [9.17, 15) is 14.7 Å². The molecule has 0 spiro atoms. The van der Waals surface area contributed by atoms with E-state index in [1.165, 1.54) is 5.56 Å². The van der Waals surface area contributed by atoms with Gasteiger partial charge in [-0.25, -0.2) is 0 Å². The zero-order valence-corrected chi connectivity index (χ0v) is 20.2. The first-order valence-corrected chi connectivity index (χ1v) is 11.7. The van der Waals surface area contributed by atoms with Crippen molar-refractivity contribution in [3.05, 3.63) is 64.7 Å². The zero-order valence-electron chi connectivity index (χ0n) is 20.2. The molecule has 2 aliphatic heterocycles. The molecule has 7 heteroatoms. The fourth-order valence-electron chi connectivity index (χ4n) is 4.42. The van der Waals surface area contributed by atoms with Gasteiger partial charge in [0, 0.05) is 12.1 Å². The number of ether oxygens (including phenoxy) is 2. The van der Waals surface area contributed by atoms with E-state index < -0.39 is 17.7 Å². The van der Waals surface area contributed by atoms with Crippen molar-refractivity contribution in [2.45, 2.75) is 32.2 Å². The van der Waals surface area contributed by atoms with E-state index in [-0.39, 0.29) is 11.3 Å². The van der Waals surface area contributed by atoms with Crippen LogP contribution >= 0.6 is 0 Å². The number of hydrogen-bond acceptors (Lipinski definition) is 6. The maximum absolute atomic E-state index is 13.2. The molecule has 1 fully saturated rings. The average Bonchev–Trinajstić information content (AvgIpc) is 3.08. The van der Waals surface area contributed by atoms with Gasteiger partial charge in [-0.3, -0.25) is 9.59 Å². The Morgan fingerprint density at radius 3 is 2.38 bits per heavy atom. The molecule has 2 aromatic rings. The number of Topliss-reactive ketones (excluding diaryl/α,β-unsaturated/α-hetero) is 1. The van der Waals surface area contributed by atoms with E-state index >= 15 is 0 Å². The number of ketones is 1. The number of aliphatic hydroxyl groups is 1. The Hall–Kier alpha value is -3.32. The molecule has 2 heterocycles. The SMILES string of the molecule is CC(C)c1ccc(C2/C(=C(\O)c3ccc4c(c3)OCCO4)C(=O)C(=O)N2CCCN(C)C)cc1. The van der Waals surface area contributed by atoms with Crippen LogP contribution in [0, 0.1) is 0 Å². The Balaban J connectivity index is 1.78. The summed E-state index contributed by atoms with van der Waals surface area (Å²) < 4.78 is 11.2. The monoisotopic (exact) mass is 464 g/mol. The lowest BCUT2D eigenvalue weighted by molar-refractivity contribution is -0.139. The number of rotatable bonds is 7. The fraction of sp³-hybridized carbons (Fsp3) is 0.407. The summed E-state index contributed by atoms with van der Waals surface area (Å²) >= 11 is 0. The Kier molecular flexibility index (Phi) is 6.93. The first kappa shape index (κ1) is 23.8. The number of aliphatic hydroxyl groups excluding tert-OH is 1. The van der Waals surface area contributed by atoms with E-state index in [0.29, 0.717) is 49.2 Å². The highest BCUT2D eigenvalue weighted by molar-refractivity contribution is 6.46. The lowest BCUT2D eigenvalue weighted by Crippen LogP contribution is -2.32. The molecule has 1 N–H and O–H groups in total. The van der Waals surface area contributed by atoms with Gasteiger partial charge in [-0.05, 0) is 62.3 Å². The largest absolute Gasteiger partial charge is 0.507 e. The number of likely N-dealkylation sites (tertiary alicyclic amines) is 1. The minimum Gasteiger partial charge on any atom is -0.507 e. The van der Waals surface area contributed by atoms with E-state index in [1.54, 1.807) is 23.1 Å². The Labute approximate surface area is 200 Å². The summed E-state index contributed by atoms with van der Waals surface area (Å²) in [5.74, 6) is -0.00587. The third-order valence-electron chi connectivity index (χ3n) is 6.28. The average molecular weight is 465 g/mol. The molecular weight excluding hydrogens is 432 g/mol. The summed E-state index contributed by atoms with van der Waals surface area (Å²) in [6.07, 6.45) is 0.713. The normalized spacial score (nSPS) is 19.4. The Bertz CT molecular complexity index is 1100. The van der Waals surface area contributed by atoms with Crippen LogP contribution in [0.1, 0.15) is 48.9 Å². The van der Waals surface area contributed by atoms with Crippen molar-refractivity contribution in [1.82, 2.24) is 9.80 Å². The summed E-state index contributed by atoms with van der Waals surface area (Å²) in [5.41, 5.74) is 2.48. The topological polar surface area (TPSA) is 79.3 Å². The third kappa shape index (κ3) is 4.66. The molecule has 1 saturated heterocycles. The van der Waals surface area contributed by atoms with Gasteiger partial charge in [0.1, 0.15) is 19.0 Å². The third-order valence-corrected chi connectivity index (χ3v) is 6.28. The van der Waals surface area contributed by atoms with E-state index in [2.05, 4.69) is 13.8 Å². The maximum atomic E-state index is 13.2. The second kappa shape index (κ2) is 9.89. The van der Waals surface area contributed by atoms with Crippen LogP contribution in [0.3, 0.4) is 0 Å². The molecule has 1 atom stereocenters. The highest BCUT2D eigenvalue weighted by atomic mass is 16.6. The number of carbonyl (C=O) groups is 2. The number of amides is 1. The molecule has 0 aliphatic carbocycles. The molecule has 1 unspecified atom stereocenters. The van der Waals surface area contributed by atoms with Crippen LogP contribution in [0.4, 0.5) is 0 Å². The van der Waals surface area contributed by atoms with Crippen LogP contribution in [0.25, 0.3) is 5.76 Å². The lowest BCUT2D eigenvalue weighted by Gasteiger charge is -2.26. The molecule has 4 rings (SSSR count). The van der Waals surface area contributed by atoms with Crippen LogP contribution in [-0.4, -0.2) is 67.0 Å². The number of carbonyl (C=O) groups excluding carboxylic acids is 2. The predicted octanol–water partition coefficient (Wildman–Crippen LogP) is 3.95. The van der Waals surface area contributed by atoms with Crippen LogP contribution < -0.4 is 9.47 Å². The summed E-state index contributed by atoms with van der Waals surface area (Å²) in [7, 11) is 3.94. The van der Waals surface area contributed by atoms with Gasteiger partial charge in [0.15, 0.2) is 11.5 Å². The lowest BCUT2D eigenvalue weighted by atomic mass is 9.93. The predicted molar refractivity (Wildman–Crippen MR) is 130 cm³/mol. The molecule has 0 aromatic heterocycles. The van der Waals surface area contributed by atoms with Crippen LogP contribution in [-0.2, 0) is 9.59 Å². The van der Waals surface area contributed by atoms with Gasteiger partial charge in [0.2, 0.25) is 0 Å². The van der Waals surface area contributed by atoms with Gasteiger partial charge >= 0.3 is 0 Å². The van der Waals surface area contributed by atoms with Gasteiger partial charge in [-0.2, -0.15) is 0 Å². The molecule has 180 valence electrons. The quantitative estimate of drug-likeness (QED) is 0.380. The van der Waals surface area contributed by atoms with Crippen LogP contribution in [0.5, 0.6) is 11.5 Å². The molecule has 0 bridgehead atoms. The van der Waals surface area contributed by atoms with Crippen molar-refractivity contribution in [2.75, 3.05) is 40.4 Å². The van der Waals surface area contributed by atoms with Crippen LogP contribution in [0.15, 0.2) is 48.0 Å². The number of nitrogens with zero attached hydrogens (tertiary/aromatic N) is 2. The van der Waals surface area contributed by atoms with Crippen LogP contribution in [0.2, 0.25) is 0 Å². The highest BCUT2D eigenvalue weighted by Gasteiger charge is 2.45. The Morgan fingerprint density at radius 2 is 1.74 bits per heavy atom. The van der Waals surface area contributed by atoms with Crippen molar-refractivity contribution in [2.24, 2.45) is 0 Å². The second-order valence-electron chi connectivity index (χ2n) is 9.33. The van der Waals surface area contributed by atoms with E-state index in [4.69, 9.17) is 9.47 Å².